The Hall–Kier alpha value is -1.88. The van der Waals surface area contributed by atoms with Gasteiger partial charge < -0.3 is 4.74 Å². The molecule has 5 nitrogen and oxygen atoms in total. The first-order valence-electron chi connectivity index (χ1n) is 8.94. The monoisotopic (exact) mass is 326 g/mol. The summed E-state index contributed by atoms with van der Waals surface area (Å²) >= 11 is 0. The zero-order chi connectivity index (χ0) is 16.7. The number of H-pyrrole nitrogens is 1. The molecule has 0 bridgehead atoms. The van der Waals surface area contributed by atoms with E-state index in [0.29, 0.717) is 0 Å². The van der Waals surface area contributed by atoms with Crippen LogP contribution in [0.1, 0.15) is 52.5 Å². The van der Waals surface area contributed by atoms with Gasteiger partial charge in [0.05, 0.1) is 18.5 Å². The fourth-order valence-electron chi connectivity index (χ4n) is 3.85. The lowest BCUT2D eigenvalue weighted by Crippen LogP contribution is -2.27. The SMILES string of the molecule is COc1c(C)cnc(CN2CCc3[nH]nc(C4CC4)c3CC2)c1C. The molecule has 3 heterocycles. The fraction of sp³-hybridized carbons (Fsp3) is 0.579. The van der Waals surface area contributed by atoms with E-state index in [0.717, 1.165) is 55.4 Å². The van der Waals surface area contributed by atoms with Crippen molar-refractivity contribution in [3.05, 3.63) is 40.0 Å². The Bertz CT molecular complexity index is 748. The molecule has 0 atom stereocenters. The van der Waals surface area contributed by atoms with E-state index in [2.05, 4.69) is 27.0 Å². The molecule has 128 valence electrons. The molecule has 5 heteroatoms. The predicted octanol–water partition coefficient (Wildman–Crippen LogP) is 2.91. The molecule has 2 aromatic rings. The molecule has 0 unspecified atom stereocenters. The third-order valence-electron chi connectivity index (χ3n) is 5.43. The average molecular weight is 326 g/mol. The first kappa shape index (κ1) is 15.6. The van der Waals surface area contributed by atoms with Crippen LogP contribution in [-0.4, -0.2) is 40.3 Å². The van der Waals surface area contributed by atoms with Gasteiger partial charge in [-0.1, -0.05) is 0 Å². The molecule has 0 radical (unpaired) electrons. The van der Waals surface area contributed by atoms with E-state index in [-0.39, 0.29) is 0 Å². The van der Waals surface area contributed by atoms with Gasteiger partial charge in [-0.05, 0) is 38.7 Å². The lowest BCUT2D eigenvalue weighted by atomic mass is 10.1. The standard InChI is InChI=1S/C19H26N4O/c1-12-10-20-17(13(2)19(12)24-3)11-23-8-6-15-16(7-9-23)21-22-18(15)14-4-5-14/h10,14H,4-9,11H2,1-3H3,(H,21,22). The summed E-state index contributed by atoms with van der Waals surface area (Å²) in [6.07, 6.45) is 6.70. The number of methoxy groups -OCH3 is 1. The molecule has 4 rings (SSSR count). The summed E-state index contributed by atoms with van der Waals surface area (Å²) < 4.78 is 5.55. The van der Waals surface area contributed by atoms with Gasteiger partial charge in [-0.25, -0.2) is 0 Å². The van der Waals surface area contributed by atoms with Gasteiger partial charge in [0, 0.05) is 55.0 Å². The molecule has 1 fully saturated rings. The van der Waals surface area contributed by atoms with Gasteiger partial charge in [0.1, 0.15) is 5.75 Å². The Morgan fingerprint density at radius 2 is 2.04 bits per heavy atom. The van der Waals surface area contributed by atoms with Crippen LogP contribution >= 0.6 is 0 Å². The third kappa shape index (κ3) is 2.81. The molecule has 1 saturated carbocycles. The quantitative estimate of drug-likeness (QED) is 0.938. The van der Waals surface area contributed by atoms with E-state index in [1.807, 2.05) is 13.1 Å². The van der Waals surface area contributed by atoms with Crippen molar-refractivity contribution < 1.29 is 4.74 Å². The molecule has 0 aromatic carbocycles. The second-order valence-electron chi connectivity index (χ2n) is 7.16. The topological polar surface area (TPSA) is 54.0 Å². The fourth-order valence-corrected chi connectivity index (χ4v) is 3.85. The van der Waals surface area contributed by atoms with E-state index >= 15 is 0 Å². The predicted molar refractivity (Wildman–Crippen MR) is 93.5 cm³/mol. The normalized spacial score (nSPS) is 18.3. The average Bonchev–Trinajstić information content (AvgIpc) is 3.37. The minimum atomic E-state index is 0.724. The molecule has 0 spiro atoms. The summed E-state index contributed by atoms with van der Waals surface area (Å²) in [6.45, 7) is 7.18. The molecular weight excluding hydrogens is 300 g/mol. The number of aromatic nitrogens is 3. The zero-order valence-corrected chi connectivity index (χ0v) is 14.9. The van der Waals surface area contributed by atoms with Crippen LogP contribution in [0.15, 0.2) is 6.20 Å². The lowest BCUT2D eigenvalue weighted by Gasteiger charge is -2.21. The number of nitrogens with zero attached hydrogens (tertiary/aromatic N) is 3. The highest BCUT2D eigenvalue weighted by molar-refractivity contribution is 5.41. The Labute approximate surface area is 143 Å². The molecule has 0 saturated heterocycles. The van der Waals surface area contributed by atoms with Gasteiger partial charge in [0.25, 0.3) is 0 Å². The molecule has 1 N–H and O–H groups in total. The summed E-state index contributed by atoms with van der Waals surface area (Å²) in [4.78, 5) is 7.17. The maximum Gasteiger partial charge on any atom is 0.128 e. The summed E-state index contributed by atoms with van der Waals surface area (Å²) in [5.74, 6) is 1.70. The van der Waals surface area contributed by atoms with Crippen molar-refractivity contribution >= 4 is 0 Å². The van der Waals surface area contributed by atoms with Crippen molar-refractivity contribution in [3.63, 3.8) is 0 Å². The molecule has 2 aromatic heterocycles. The van der Waals surface area contributed by atoms with Crippen LogP contribution in [0, 0.1) is 13.8 Å². The number of aryl methyl sites for hydroxylation is 1. The van der Waals surface area contributed by atoms with E-state index in [1.165, 1.54) is 35.4 Å². The van der Waals surface area contributed by atoms with Crippen LogP contribution in [0.3, 0.4) is 0 Å². The minimum Gasteiger partial charge on any atom is -0.496 e. The second-order valence-corrected chi connectivity index (χ2v) is 7.16. The van der Waals surface area contributed by atoms with Crippen LogP contribution in [0.4, 0.5) is 0 Å². The Balaban J connectivity index is 1.49. The van der Waals surface area contributed by atoms with Gasteiger partial charge in [-0.3, -0.25) is 15.0 Å². The van der Waals surface area contributed by atoms with E-state index in [4.69, 9.17) is 4.74 Å². The number of ether oxygens (including phenoxy) is 1. The molecule has 0 amide bonds. The molecule has 2 aliphatic rings. The zero-order valence-electron chi connectivity index (χ0n) is 14.9. The van der Waals surface area contributed by atoms with Crippen LogP contribution in [0.25, 0.3) is 0 Å². The largest absolute Gasteiger partial charge is 0.496 e. The van der Waals surface area contributed by atoms with Crippen molar-refractivity contribution in [2.75, 3.05) is 20.2 Å². The summed E-state index contributed by atoms with van der Waals surface area (Å²) in [5.41, 5.74) is 7.59. The summed E-state index contributed by atoms with van der Waals surface area (Å²) in [6, 6.07) is 0. The minimum absolute atomic E-state index is 0.724. The van der Waals surface area contributed by atoms with Crippen molar-refractivity contribution in [1.82, 2.24) is 20.1 Å². The number of rotatable bonds is 4. The van der Waals surface area contributed by atoms with Gasteiger partial charge in [0.2, 0.25) is 0 Å². The Kier molecular flexibility index (Phi) is 4.04. The second kappa shape index (κ2) is 6.20. The first-order valence-corrected chi connectivity index (χ1v) is 8.94. The third-order valence-corrected chi connectivity index (χ3v) is 5.43. The van der Waals surface area contributed by atoms with Crippen LogP contribution in [0.2, 0.25) is 0 Å². The number of fused-ring (bicyclic) bond motifs is 1. The molecular formula is C19H26N4O. The maximum atomic E-state index is 5.55. The maximum absolute atomic E-state index is 5.55. The van der Waals surface area contributed by atoms with E-state index in [9.17, 15) is 0 Å². The number of pyridine rings is 1. The Morgan fingerprint density at radius 1 is 1.25 bits per heavy atom. The smallest absolute Gasteiger partial charge is 0.128 e. The van der Waals surface area contributed by atoms with E-state index in [1.54, 1.807) is 7.11 Å². The van der Waals surface area contributed by atoms with Gasteiger partial charge in [-0.15, -0.1) is 0 Å². The van der Waals surface area contributed by atoms with Crippen molar-refractivity contribution in [1.29, 1.82) is 0 Å². The molecule has 1 aliphatic heterocycles. The summed E-state index contributed by atoms with van der Waals surface area (Å²) in [7, 11) is 1.74. The highest BCUT2D eigenvalue weighted by Gasteiger charge is 2.31. The van der Waals surface area contributed by atoms with Crippen LogP contribution in [-0.2, 0) is 19.4 Å². The highest BCUT2D eigenvalue weighted by Crippen LogP contribution is 2.41. The van der Waals surface area contributed by atoms with E-state index < -0.39 is 0 Å². The van der Waals surface area contributed by atoms with Crippen LogP contribution in [0.5, 0.6) is 5.75 Å². The highest BCUT2D eigenvalue weighted by atomic mass is 16.5. The van der Waals surface area contributed by atoms with Gasteiger partial charge >= 0.3 is 0 Å². The number of hydrogen-bond donors (Lipinski definition) is 1. The summed E-state index contributed by atoms with van der Waals surface area (Å²) in [5, 5.41) is 7.88. The van der Waals surface area contributed by atoms with Crippen molar-refractivity contribution in [2.45, 2.75) is 52.0 Å². The number of nitrogens with one attached hydrogen (secondary N) is 1. The lowest BCUT2D eigenvalue weighted by molar-refractivity contribution is 0.273. The molecule has 24 heavy (non-hydrogen) atoms. The first-order chi connectivity index (χ1) is 11.7. The molecule has 1 aliphatic carbocycles. The van der Waals surface area contributed by atoms with Crippen molar-refractivity contribution in [3.8, 4) is 5.75 Å². The van der Waals surface area contributed by atoms with Crippen LogP contribution < -0.4 is 4.74 Å². The van der Waals surface area contributed by atoms with Gasteiger partial charge in [0.15, 0.2) is 0 Å². The Morgan fingerprint density at radius 3 is 2.79 bits per heavy atom. The number of hydrogen-bond acceptors (Lipinski definition) is 4. The van der Waals surface area contributed by atoms with Gasteiger partial charge in [-0.2, -0.15) is 5.10 Å². The van der Waals surface area contributed by atoms with Crippen molar-refractivity contribution in [2.24, 2.45) is 0 Å². The number of aromatic amines is 1.